The number of nitrogens with zero attached hydrogens (tertiary/aromatic N) is 1. The number of carbonyl (C=O) groups excluding carboxylic acids is 1. The van der Waals surface area contributed by atoms with Crippen LogP contribution < -0.4 is 10.8 Å². The van der Waals surface area contributed by atoms with Gasteiger partial charge in [-0.05, 0) is 26.3 Å². The van der Waals surface area contributed by atoms with E-state index in [1.54, 1.807) is 0 Å². The van der Waals surface area contributed by atoms with Crippen LogP contribution in [-0.4, -0.2) is 23.1 Å². The van der Waals surface area contributed by atoms with E-state index in [1.165, 1.54) is 4.90 Å². The van der Waals surface area contributed by atoms with Gasteiger partial charge in [-0.1, -0.05) is 30.3 Å². The smallest absolute Gasteiger partial charge is 0.137 e. The molecule has 0 saturated carbocycles. The predicted molar refractivity (Wildman–Crippen MR) is 65.2 cm³/mol. The van der Waals surface area contributed by atoms with Crippen molar-refractivity contribution in [2.24, 2.45) is 5.73 Å². The number of hydrogen-bond acceptors (Lipinski definition) is 3. The Morgan fingerprint density at radius 1 is 1.35 bits per heavy atom. The van der Waals surface area contributed by atoms with E-state index in [9.17, 15) is 9.90 Å². The van der Waals surface area contributed by atoms with Crippen molar-refractivity contribution in [3.63, 3.8) is 0 Å². The van der Waals surface area contributed by atoms with E-state index < -0.39 is 11.6 Å². The Labute approximate surface area is 102 Å². The topological polar surface area (TPSA) is 69.4 Å². The minimum absolute atomic E-state index is 0.232. The van der Waals surface area contributed by atoms with Crippen LogP contribution in [0.4, 0.5) is 4.79 Å². The van der Waals surface area contributed by atoms with Gasteiger partial charge in [0.2, 0.25) is 0 Å². The zero-order valence-corrected chi connectivity index (χ0v) is 10.5. The lowest BCUT2D eigenvalue weighted by atomic mass is 10.0. The van der Waals surface area contributed by atoms with Crippen LogP contribution in [0, 0.1) is 0 Å². The van der Waals surface area contributed by atoms with Crippen molar-refractivity contribution in [1.29, 1.82) is 0 Å². The van der Waals surface area contributed by atoms with E-state index in [0.29, 0.717) is 0 Å². The molecule has 2 N–H and O–H groups in total. The lowest BCUT2D eigenvalue weighted by Gasteiger charge is -2.39. The average Bonchev–Trinajstić information content (AvgIpc) is 2.24. The fourth-order valence-corrected chi connectivity index (χ4v) is 1.62. The molecule has 0 radical (unpaired) electrons. The van der Waals surface area contributed by atoms with E-state index in [4.69, 9.17) is 5.73 Å². The van der Waals surface area contributed by atoms with Gasteiger partial charge in [-0.2, -0.15) is 0 Å². The fraction of sp³-hybridized carbons (Fsp3) is 0.462. The first-order valence-corrected chi connectivity index (χ1v) is 5.61. The molecule has 0 fully saturated rings. The number of benzene rings is 1. The fourth-order valence-electron chi connectivity index (χ4n) is 1.62. The van der Waals surface area contributed by atoms with Crippen LogP contribution in [0.5, 0.6) is 0 Å². The largest absolute Gasteiger partial charge is 0.530 e. The second-order valence-corrected chi connectivity index (χ2v) is 5.06. The highest BCUT2D eigenvalue weighted by Gasteiger charge is 2.23. The molecule has 1 rings (SSSR count). The molecule has 0 spiro atoms. The zero-order valence-electron chi connectivity index (χ0n) is 10.5. The van der Waals surface area contributed by atoms with E-state index >= 15 is 0 Å². The molecule has 1 amide bonds. The minimum Gasteiger partial charge on any atom is -0.530 e. The van der Waals surface area contributed by atoms with E-state index in [2.05, 4.69) is 0 Å². The van der Waals surface area contributed by atoms with Crippen LogP contribution in [0.2, 0.25) is 0 Å². The maximum Gasteiger partial charge on any atom is 0.137 e. The molecule has 0 bridgehead atoms. The Morgan fingerprint density at radius 2 is 1.88 bits per heavy atom. The van der Waals surface area contributed by atoms with Crippen molar-refractivity contribution in [2.75, 3.05) is 6.54 Å². The van der Waals surface area contributed by atoms with Crippen LogP contribution >= 0.6 is 0 Å². The number of hydrogen-bond donors (Lipinski definition) is 1. The summed E-state index contributed by atoms with van der Waals surface area (Å²) in [6.45, 7) is 5.69. The summed E-state index contributed by atoms with van der Waals surface area (Å²) in [5, 5.41) is 11.1. The van der Waals surface area contributed by atoms with Crippen LogP contribution in [0.25, 0.3) is 0 Å². The van der Waals surface area contributed by atoms with Crippen LogP contribution in [0.15, 0.2) is 30.3 Å². The molecular weight excluding hydrogens is 216 g/mol. The summed E-state index contributed by atoms with van der Waals surface area (Å²) in [5.74, 6) is 0. The van der Waals surface area contributed by atoms with E-state index in [0.717, 1.165) is 5.56 Å². The van der Waals surface area contributed by atoms with Gasteiger partial charge in [-0.3, -0.25) is 0 Å². The highest BCUT2D eigenvalue weighted by atomic mass is 16.4. The third kappa shape index (κ3) is 3.75. The number of rotatable bonds is 3. The molecule has 1 atom stereocenters. The van der Waals surface area contributed by atoms with Crippen molar-refractivity contribution < 1.29 is 9.90 Å². The summed E-state index contributed by atoms with van der Waals surface area (Å²) in [4.78, 5) is 12.3. The second kappa shape index (κ2) is 5.19. The molecule has 0 aromatic heterocycles. The summed E-state index contributed by atoms with van der Waals surface area (Å²) in [7, 11) is 0. The molecule has 4 heteroatoms. The number of amides is 1. The Bertz CT molecular complexity index is 371. The van der Waals surface area contributed by atoms with Crippen LogP contribution in [0.3, 0.4) is 0 Å². The molecule has 4 nitrogen and oxygen atoms in total. The lowest BCUT2D eigenvalue weighted by molar-refractivity contribution is -0.270. The number of carbonyl (C=O) groups is 1. The maximum atomic E-state index is 11.1. The average molecular weight is 235 g/mol. The first-order valence-electron chi connectivity index (χ1n) is 5.61. The van der Waals surface area contributed by atoms with Gasteiger partial charge in [0, 0.05) is 18.1 Å². The summed E-state index contributed by atoms with van der Waals surface area (Å²) in [6, 6.07) is 9.11. The Balaban J connectivity index is 2.79. The van der Waals surface area contributed by atoms with Gasteiger partial charge >= 0.3 is 0 Å². The first-order chi connectivity index (χ1) is 7.82. The summed E-state index contributed by atoms with van der Waals surface area (Å²) < 4.78 is 0. The van der Waals surface area contributed by atoms with Gasteiger partial charge in [0.25, 0.3) is 0 Å². The SMILES string of the molecule is CC(C)(C)N(C[C@H](N)c1ccccc1)C(=O)[O-]. The Kier molecular flexibility index (Phi) is 4.12. The molecule has 0 heterocycles. The van der Waals surface area contributed by atoms with Crippen molar-refractivity contribution in [1.82, 2.24) is 4.90 Å². The summed E-state index contributed by atoms with van der Waals surface area (Å²) >= 11 is 0. The Hall–Kier alpha value is -1.55. The van der Waals surface area contributed by atoms with Crippen molar-refractivity contribution in [2.45, 2.75) is 32.4 Å². The first kappa shape index (κ1) is 13.5. The van der Waals surface area contributed by atoms with Crippen molar-refractivity contribution in [3.05, 3.63) is 35.9 Å². The standard InChI is InChI=1S/C13H20N2O2/c1-13(2,3)15(12(16)17)9-11(14)10-7-5-4-6-8-10/h4-8,11H,9,14H2,1-3H3,(H,16,17)/p-1/t11-/m0/s1. The van der Waals surface area contributed by atoms with Gasteiger partial charge in [0.15, 0.2) is 0 Å². The molecule has 17 heavy (non-hydrogen) atoms. The van der Waals surface area contributed by atoms with Gasteiger partial charge < -0.3 is 20.5 Å². The number of carboxylic acid groups (broad SMARTS) is 1. The van der Waals surface area contributed by atoms with E-state index in [1.807, 2.05) is 51.1 Å². The monoisotopic (exact) mass is 235 g/mol. The van der Waals surface area contributed by atoms with E-state index in [-0.39, 0.29) is 12.6 Å². The molecule has 0 aliphatic heterocycles. The third-order valence-corrected chi connectivity index (χ3v) is 2.64. The van der Waals surface area contributed by atoms with Gasteiger partial charge in [0.05, 0.1) is 0 Å². The summed E-state index contributed by atoms with van der Waals surface area (Å²) in [5.41, 5.74) is 6.41. The number of nitrogens with two attached hydrogens (primary N) is 1. The molecule has 1 aromatic rings. The molecule has 0 aliphatic carbocycles. The van der Waals surface area contributed by atoms with Gasteiger partial charge in [0.1, 0.15) is 6.09 Å². The second-order valence-electron chi connectivity index (χ2n) is 5.06. The lowest BCUT2D eigenvalue weighted by Crippen LogP contribution is -2.53. The maximum absolute atomic E-state index is 11.1. The molecule has 0 aliphatic rings. The van der Waals surface area contributed by atoms with Crippen molar-refractivity contribution >= 4 is 6.09 Å². The van der Waals surface area contributed by atoms with Gasteiger partial charge in [-0.15, -0.1) is 0 Å². The quantitative estimate of drug-likeness (QED) is 0.853. The summed E-state index contributed by atoms with van der Waals surface area (Å²) in [6.07, 6.45) is -1.19. The highest BCUT2D eigenvalue weighted by molar-refractivity contribution is 5.63. The molecular formula is C13H19N2O2-. The van der Waals surface area contributed by atoms with Gasteiger partial charge in [-0.25, -0.2) is 0 Å². The predicted octanol–water partition coefficient (Wildman–Crippen LogP) is 1.13. The third-order valence-electron chi connectivity index (χ3n) is 2.64. The molecule has 1 aromatic carbocycles. The zero-order chi connectivity index (χ0) is 13.1. The normalized spacial score (nSPS) is 13.2. The van der Waals surface area contributed by atoms with Crippen LogP contribution in [0.1, 0.15) is 32.4 Å². The van der Waals surface area contributed by atoms with Crippen molar-refractivity contribution in [3.8, 4) is 0 Å². The minimum atomic E-state index is -1.19. The Morgan fingerprint density at radius 3 is 2.29 bits per heavy atom. The highest BCUT2D eigenvalue weighted by Crippen LogP contribution is 2.18. The van der Waals surface area contributed by atoms with Crippen LogP contribution in [-0.2, 0) is 0 Å². The molecule has 0 saturated heterocycles. The molecule has 94 valence electrons. The molecule has 0 unspecified atom stereocenters.